The molecule has 4 heterocycles. The maximum atomic E-state index is 13.8. The van der Waals surface area contributed by atoms with E-state index in [-0.39, 0.29) is 58.7 Å². The number of fused-ring (bicyclic) bond motifs is 4. The van der Waals surface area contributed by atoms with Crippen molar-refractivity contribution in [2.24, 2.45) is 17.6 Å². The van der Waals surface area contributed by atoms with Gasteiger partial charge in [-0.1, -0.05) is 12.1 Å². The van der Waals surface area contributed by atoms with Crippen LogP contribution in [0.3, 0.4) is 0 Å². The third-order valence-corrected chi connectivity index (χ3v) is 8.30. The van der Waals surface area contributed by atoms with Crippen molar-refractivity contribution in [3.05, 3.63) is 70.3 Å². The van der Waals surface area contributed by atoms with Gasteiger partial charge in [0.1, 0.15) is 22.7 Å². The van der Waals surface area contributed by atoms with Crippen molar-refractivity contribution in [1.29, 1.82) is 0 Å². The van der Waals surface area contributed by atoms with Crippen LogP contribution in [0, 0.1) is 23.5 Å². The van der Waals surface area contributed by atoms with E-state index in [2.05, 4.69) is 15.4 Å². The molecule has 6 amide bonds. The van der Waals surface area contributed by atoms with Crippen LogP contribution in [0.25, 0.3) is 0 Å². The van der Waals surface area contributed by atoms with Crippen LogP contribution in [-0.4, -0.2) is 63.4 Å². The Labute approximate surface area is 239 Å². The summed E-state index contributed by atoms with van der Waals surface area (Å²) in [6, 6.07) is 7.62. The second-order valence-electron chi connectivity index (χ2n) is 10.9. The molecule has 2 saturated carbocycles. The van der Waals surface area contributed by atoms with Crippen molar-refractivity contribution < 1.29 is 51.9 Å². The maximum Gasteiger partial charge on any atom is 0.349 e. The van der Waals surface area contributed by atoms with Crippen molar-refractivity contribution in [3.8, 4) is 0 Å². The molecule has 13 nitrogen and oxygen atoms in total. The molecule has 2 aromatic rings. The molecule has 0 spiro atoms. The molecular weight excluding hydrogens is 574 g/mol. The average molecular weight is 594 g/mol. The highest BCUT2D eigenvalue weighted by molar-refractivity contribution is 6.25. The largest absolute Gasteiger partial charge is 0.386 e. The van der Waals surface area contributed by atoms with Gasteiger partial charge in [-0.2, -0.15) is 0 Å². The molecule has 0 radical (unpaired) electrons. The van der Waals surface area contributed by atoms with Crippen LogP contribution in [0.15, 0.2) is 36.4 Å². The van der Waals surface area contributed by atoms with E-state index in [0.29, 0.717) is 12.8 Å². The molecule has 2 saturated heterocycles. The van der Waals surface area contributed by atoms with Gasteiger partial charge in [0.25, 0.3) is 17.7 Å². The average Bonchev–Trinajstić information content (AvgIpc) is 3.77. The van der Waals surface area contributed by atoms with E-state index in [9.17, 15) is 47.1 Å². The summed E-state index contributed by atoms with van der Waals surface area (Å²) >= 11 is 0. The molecule has 220 valence electrons. The molecule has 4 fully saturated rings. The minimum atomic E-state index is -1.33. The van der Waals surface area contributed by atoms with Crippen LogP contribution >= 0.6 is 0 Å². The number of carbonyl (C=O) groups excluding carboxylic acids is 8. The quantitative estimate of drug-likeness (QED) is 0.231. The van der Waals surface area contributed by atoms with Gasteiger partial charge in [0.15, 0.2) is 0 Å². The summed E-state index contributed by atoms with van der Waals surface area (Å²) in [5, 5.41) is 4.36. The number of nitrogens with zero attached hydrogens (tertiary/aromatic N) is 1. The van der Waals surface area contributed by atoms with Crippen molar-refractivity contribution >= 4 is 47.4 Å². The normalized spacial score (nSPS) is 29.0. The lowest BCUT2D eigenvalue weighted by Gasteiger charge is -2.28. The van der Waals surface area contributed by atoms with Gasteiger partial charge >= 0.3 is 11.9 Å². The number of halogens is 2. The maximum absolute atomic E-state index is 13.8. The van der Waals surface area contributed by atoms with Gasteiger partial charge in [0, 0.05) is 18.8 Å². The summed E-state index contributed by atoms with van der Waals surface area (Å²) in [5.41, 5.74) is 2.98. The number of piperidine rings is 2. The first-order valence-corrected chi connectivity index (χ1v) is 13.0. The minimum Gasteiger partial charge on any atom is -0.386 e. The highest BCUT2D eigenvalue weighted by Crippen LogP contribution is 2.55. The Hall–Kier alpha value is -5.18. The van der Waals surface area contributed by atoms with E-state index in [1.54, 1.807) is 0 Å². The molecule has 6 aliphatic rings. The molecule has 0 aromatic heterocycles. The van der Waals surface area contributed by atoms with Crippen molar-refractivity contribution in [2.75, 3.05) is 0 Å². The van der Waals surface area contributed by atoms with Crippen LogP contribution in [0.1, 0.15) is 67.1 Å². The molecular formula is C28H20F2N4O9. The van der Waals surface area contributed by atoms with Gasteiger partial charge in [-0.3, -0.25) is 44.3 Å². The lowest BCUT2D eigenvalue weighted by atomic mass is 10.0. The molecule has 8 rings (SSSR count). The van der Waals surface area contributed by atoms with Gasteiger partial charge in [-0.25, -0.2) is 18.4 Å². The van der Waals surface area contributed by atoms with Crippen LogP contribution in [-0.2, 0) is 23.9 Å². The number of hydrogen-bond donors (Lipinski definition) is 3. The molecule has 4 unspecified atom stereocenters. The third-order valence-electron chi connectivity index (χ3n) is 8.30. The van der Waals surface area contributed by atoms with Gasteiger partial charge < -0.3 is 10.5 Å². The fourth-order valence-corrected chi connectivity index (χ4v) is 5.82. The Morgan fingerprint density at radius 3 is 1.88 bits per heavy atom. The van der Waals surface area contributed by atoms with Crippen LogP contribution < -0.4 is 16.4 Å². The number of carbonyl (C=O) groups is 8. The lowest BCUT2D eigenvalue weighted by Crippen LogP contribution is -2.57. The zero-order valence-corrected chi connectivity index (χ0v) is 21.9. The number of amides is 6. The number of benzene rings is 2. The van der Waals surface area contributed by atoms with Gasteiger partial charge in [0.05, 0.1) is 22.2 Å². The molecule has 15 heteroatoms. The number of nitrogens with one attached hydrogen (secondary N) is 2. The molecule has 0 bridgehead atoms. The van der Waals surface area contributed by atoms with E-state index in [1.807, 2.05) is 0 Å². The summed E-state index contributed by atoms with van der Waals surface area (Å²) in [7, 11) is 0. The molecule has 2 aliphatic carbocycles. The van der Waals surface area contributed by atoms with E-state index >= 15 is 0 Å². The summed E-state index contributed by atoms with van der Waals surface area (Å²) in [6.45, 7) is 0. The standard InChI is InChI=1S/C14H9FN2O4.C8H3FO3.C6H8N2O2/c15-8-3-1-2-7-10(8)12(20)17(11(7)19)14-5-6(14)4-9(18)16-13(14)21;9-5-3-1-2-4-6(5)8(11)12-7(4)10;7-6-2-3(6)1-4(9)8-5(6)10/h1-3,6H,4-5H2,(H,16,18,21);1-3H;3H,1-2,7H2,(H,8,9,10). The van der Waals surface area contributed by atoms with E-state index < -0.39 is 58.3 Å². The molecule has 4 aliphatic heterocycles. The SMILES string of the molecule is NC12CC1CC(=O)NC2=O.O=C1CC2CC2(N2C(=O)c3cccc(F)c3C2=O)C(=O)N1.O=C1OC(=O)c2c(F)cccc21. The Balaban J connectivity index is 0.000000126. The first-order valence-electron chi connectivity index (χ1n) is 13.0. The summed E-state index contributed by atoms with van der Waals surface area (Å²) in [4.78, 5) is 92.2. The monoisotopic (exact) mass is 594 g/mol. The molecule has 4 N–H and O–H groups in total. The van der Waals surface area contributed by atoms with Crippen molar-refractivity contribution in [2.45, 2.75) is 36.8 Å². The topological polar surface area (TPSA) is 199 Å². The number of cyclic esters (lactones) is 2. The van der Waals surface area contributed by atoms with E-state index in [4.69, 9.17) is 5.73 Å². The highest BCUT2D eigenvalue weighted by atomic mass is 19.1. The van der Waals surface area contributed by atoms with E-state index in [1.165, 1.54) is 24.3 Å². The number of nitrogens with two attached hydrogens (primary N) is 1. The van der Waals surface area contributed by atoms with Gasteiger partial charge in [0.2, 0.25) is 17.7 Å². The minimum absolute atomic E-state index is 0.000000000000000444. The smallest absolute Gasteiger partial charge is 0.349 e. The Kier molecular flexibility index (Phi) is 6.13. The fraction of sp³-hybridized carbons (Fsp3) is 0.286. The number of hydrogen-bond acceptors (Lipinski definition) is 10. The zero-order valence-electron chi connectivity index (χ0n) is 21.9. The zero-order chi connectivity index (χ0) is 31.0. The Morgan fingerprint density at radius 1 is 0.721 bits per heavy atom. The fourth-order valence-electron chi connectivity index (χ4n) is 5.82. The van der Waals surface area contributed by atoms with Gasteiger partial charge in [-0.15, -0.1) is 0 Å². The molecule has 2 aromatic carbocycles. The lowest BCUT2D eigenvalue weighted by molar-refractivity contribution is -0.137. The number of ether oxygens (including phenoxy) is 1. The molecule has 43 heavy (non-hydrogen) atoms. The second kappa shape index (κ2) is 9.42. The van der Waals surface area contributed by atoms with Crippen LogP contribution in [0.5, 0.6) is 0 Å². The predicted octanol–water partition coefficient (Wildman–Crippen LogP) is 0.114. The molecule has 4 atom stereocenters. The van der Waals surface area contributed by atoms with Crippen molar-refractivity contribution in [3.63, 3.8) is 0 Å². The Bertz CT molecular complexity index is 1740. The predicted molar refractivity (Wildman–Crippen MR) is 134 cm³/mol. The summed E-state index contributed by atoms with van der Waals surface area (Å²) < 4.78 is 30.9. The first-order chi connectivity index (χ1) is 20.3. The van der Waals surface area contributed by atoms with Crippen molar-refractivity contribution in [1.82, 2.24) is 15.5 Å². The van der Waals surface area contributed by atoms with Crippen LogP contribution in [0.2, 0.25) is 0 Å². The summed E-state index contributed by atoms with van der Waals surface area (Å²) in [6.07, 6.45) is 1.42. The number of rotatable bonds is 1. The van der Waals surface area contributed by atoms with Gasteiger partial charge in [-0.05, 0) is 43.0 Å². The van der Waals surface area contributed by atoms with Crippen LogP contribution in [0.4, 0.5) is 8.78 Å². The Morgan fingerprint density at radius 2 is 1.30 bits per heavy atom. The number of esters is 2. The number of imide groups is 3. The first kappa shape index (κ1) is 28.0. The van der Waals surface area contributed by atoms with E-state index in [0.717, 1.165) is 17.0 Å². The highest BCUT2D eigenvalue weighted by Gasteiger charge is 2.71. The third kappa shape index (κ3) is 4.22. The second-order valence-corrected chi connectivity index (χ2v) is 10.9. The summed E-state index contributed by atoms with van der Waals surface area (Å²) in [5.74, 6) is -6.48.